The Bertz CT molecular complexity index is 967. The van der Waals surface area contributed by atoms with E-state index in [1.54, 1.807) is 12.1 Å². The van der Waals surface area contributed by atoms with E-state index in [0.717, 1.165) is 22.3 Å². The Labute approximate surface area is 250 Å². The fourth-order valence-corrected chi connectivity index (χ4v) is 4.42. The number of hydrogen-bond donors (Lipinski definition) is 0. The van der Waals surface area contributed by atoms with Gasteiger partial charge in [0.25, 0.3) is 0 Å². The van der Waals surface area contributed by atoms with E-state index in [4.69, 9.17) is 9.05 Å². The molecular weight excluding hydrogens is 470 g/mol. The summed E-state index contributed by atoms with van der Waals surface area (Å²) in [5, 5.41) is 0. The van der Waals surface area contributed by atoms with Crippen LogP contribution in [0.3, 0.4) is 0 Å². The molecule has 0 aliphatic rings. The van der Waals surface area contributed by atoms with E-state index in [0.29, 0.717) is 11.5 Å². The molecule has 0 saturated heterocycles. The summed E-state index contributed by atoms with van der Waals surface area (Å²) in [6.07, 6.45) is 0. The maximum Gasteiger partial charge on any atom is 1.00 e. The topological polar surface area (TPSA) is 58.6 Å². The van der Waals surface area contributed by atoms with Crippen molar-refractivity contribution in [2.75, 3.05) is 0 Å². The van der Waals surface area contributed by atoms with Crippen molar-refractivity contribution in [2.45, 2.75) is 105 Å². The molecule has 0 atom stereocenters. The van der Waals surface area contributed by atoms with Gasteiger partial charge in [-0.1, -0.05) is 107 Å². The molecule has 0 N–H and O–H groups in total. The van der Waals surface area contributed by atoms with Gasteiger partial charge in [-0.05, 0) is 44.9 Å². The largest absolute Gasteiger partial charge is 1.00 e. The maximum absolute atomic E-state index is 13.1. The van der Waals surface area contributed by atoms with Crippen molar-refractivity contribution in [1.82, 2.24) is 0 Å². The van der Waals surface area contributed by atoms with Crippen molar-refractivity contribution < 1.29 is 69.9 Å². The number of phosphoric ester groups is 1. The molecule has 0 radical (unpaired) electrons. The van der Waals surface area contributed by atoms with Gasteiger partial charge in [0.1, 0.15) is 11.5 Å². The first-order chi connectivity index (χ1) is 14.6. The normalized spacial score (nSPS) is 13.3. The molecule has 0 bridgehead atoms. The molecule has 0 fully saturated rings. The van der Waals surface area contributed by atoms with Crippen molar-refractivity contribution >= 4 is 7.82 Å². The molecule has 6 heteroatoms. The Balaban J connectivity index is 0.00000578. The third kappa shape index (κ3) is 8.47. The zero-order valence-electron chi connectivity index (χ0n) is 23.5. The van der Waals surface area contributed by atoms with Crippen LogP contribution in [0.25, 0.3) is 0 Å². The molecule has 34 heavy (non-hydrogen) atoms. The van der Waals surface area contributed by atoms with Crippen LogP contribution in [0.2, 0.25) is 0 Å². The van der Waals surface area contributed by atoms with Gasteiger partial charge in [-0.15, -0.1) is 0 Å². The van der Waals surface area contributed by atoms with Gasteiger partial charge >= 0.3 is 59.2 Å². The first kappa shape index (κ1) is 31.9. The van der Waals surface area contributed by atoms with Gasteiger partial charge in [0.05, 0.1) is 0 Å². The Morgan fingerprint density at radius 1 is 0.588 bits per heavy atom. The van der Waals surface area contributed by atoms with Crippen LogP contribution in [0.1, 0.15) is 105 Å². The molecule has 0 heterocycles. The molecule has 0 saturated carbocycles. The van der Waals surface area contributed by atoms with Crippen LogP contribution in [-0.2, 0) is 26.2 Å². The van der Waals surface area contributed by atoms with Crippen molar-refractivity contribution in [3.63, 3.8) is 0 Å². The molecule has 0 aliphatic heterocycles. The Hall–Kier alpha value is -0.134. The Kier molecular flexibility index (Phi) is 10.0. The first-order valence-electron chi connectivity index (χ1n) is 11.6. The predicted octanol–water partition coefficient (Wildman–Crippen LogP) is 4.81. The summed E-state index contributed by atoms with van der Waals surface area (Å²) in [5.41, 5.74) is 3.16. The van der Waals surface area contributed by atoms with Crippen LogP contribution < -0.4 is 65.3 Å². The number of phosphoric acid groups is 1. The third-order valence-electron chi connectivity index (χ3n) is 5.73. The fourth-order valence-electron chi connectivity index (χ4n) is 3.58. The molecule has 0 aromatic heterocycles. The van der Waals surface area contributed by atoms with E-state index < -0.39 is 7.82 Å². The van der Waals surface area contributed by atoms with Crippen LogP contribution >= 0.6 is 7.82 Å². The molecule has 0 spiro atoms. The summed E-state index contributed by atoms with van der Waals surface area (Å²) in [7, 11) is -4.69. The summed E-state index contributed by atoms with van der Waals surface area (Å²) < 4.78 is 24.2. The first-order valence-corrected chi connectivity index (χ1v) is 13.1. The molecule has 184 valence electrons. The summed E-state index contributed by atoms with van der Waals surface area (Å²) in [4.78, 5) is 13.1. The Morgan fingerprint density at radius 3 is 1.12 bits per heavy atom. The van der Waals surface area contributed by atoms with E-state index >= 15 is 0 Å². The van der Waals surface area contributed by atoms with E-state index in [-0.39, 0.29) is 73.0 Å². The summed E-state index contributed by atoms with van der Waals surface area (Å²) in [5.74, 6) is 0.606. The van der Waals surface area contributed by atoms with E-state index in [9.17, 15) is 9.46 Å². The predicted molar refractivity (Wildman–Crippen MR) is 137 cm³/mol. The second-order valence-electron chi connectivity index (χ2n) is 13.1. The molecule has 0 amide bonds. The Morgan fingerprint density at radius 2 is 0.882 bits per heavy atom. The standard InChI is InChI=1S/C28H43O4P.K/c1-25(2,3)19-13-15-23(21(17-19)27(7,8)9)31-33(29,30)32-24-16-14-20(26(4,5)6)18-22(24)28(10,11)12;/h13-18H,1-12H3,(H,29,30);/q;+1/p-1. The molecule has 4 nitrogen and oxygen atoms in total. The van der Waals surface area contributed by atoms with Gasteiger partial charge in [0.2, 0.25) is 0 Å². The maximum atomic E-state index is 13.1. The molecule has 2 rings (SSSR count). The van der Waals surface area contributed by atoms with Gasteiger partial charge in [0.15, 0.2) is 0 Å². The molecule has 0 unspecified atom stereocenters. The summed E-state index contributed by atoms with van der Waals surface area (Å²) in [6.45, 7) is 25.0. The van der Waals surface area contributed by atoms with Crippen molar-refractivity contribution in [2.24, 2.45) is 0 Å². The quantitative estimate of drug-likeness (QED) is 0.436. The smallest absolute Gasteiger partial charge is 0.736 e. The van der Waals surface area contributed by atoms with E-state index in [2.05, 4.69) is 41.5 Å². The zero-order chi connectivity index (χ0) is 25.6. The summed E-state index contributed by atoms with van der Waals surface area (Å²) >= 11 is 0. The van der Waals surface area contributed by atoms with Crippen molar-refractivity contribution in [3.05, 3.63) is 58.7 Å². The minimum absolute atomic E-state index is 0. The van der Waals surface area contributed by atoms with Crippen molar-refractivity contribution in [1.29, 1.82) is 0 Å². The van der Waals surface area contributed by atoms with Gasteiger partial charge in [-0.3, -0.25) is 0 Å². The van der Waals surface area contributed by atoms with Gasteiger partial charge < -0.3 is 13.9 Å². The van der Waals surface area contributed by atoms with Gasteiger partial charge in [0, 0.05) is 11.1 Å². The second kappa shape index (κ2) is 10.7. The van der Waals surface area contributed by atoms with Gasteiger partial charge in [-0.25, -0.2) is 4.57 Å². The number of benzene rings is 2. The SMILES string of the molecule is CC(C)(C)c1ccc(OP(=O)([O-])Oc2ccc(C(C)(C)C)cc2C(C)(C)C)c(C(C)(C)C)c1.[K+]. The van der Waals surface area contributed by atoms with Gasteiger partial charge in [-0.2, -0.15) is 0 Å². The molecule has 2 aromatic carbocycles. The average molecular weight is 513 g/mol. The monoisotopic (exact) mass is 512 g/mol. The fraction of sp³-hybridized carbons (Fsp3) is 0.571. The molecule has 2 aromatic rings. The van der Waals surface area contributed by atoms with Crippen LogP contribution in [0.4, 0.5) is 0 Å². The minimum Gasteiger partial charge on any atom is -0.736 e. The summed E-state index contributed by atoms with van der Waals surface area (Å²) in [6, 6.07) is 11.4. The molecule has 0 aliphatic carbocycles. The minimum atomic E-state index is -4.69. The van der Waals surface area contributed by atoms with E-state index in [1.165, 1.54) is 0 Å². The number of rotatable bonds is 4. The van der Waals surface area contributed by atoms with Crippen LogP contribution in [-0.4, -0.2) is 0 Å². The third-order valence-corrected chi connectivity index (χ3v) is 6.57. The number of hydrogen-bond acceptors (Lipinski definition) is 4. The van der Waals surface area contributed by atoms with E-state index in [1.807, 2.05) is 65.8 Å². The zero-order valence-corrected chi connectivity index (χ0v) is 27.6. The van der Waals surface area contributed by atoms with Crippen LogP contribution in [0.15, 0.2) is 36.4 Å². The average Bonchev–Trinajstić information content (AvgIpc) is 2.57. The van der Waals surface area contributed by atoms with Crippen LogP contribution in [0.5, 0.6) is 11.5 Å². The molecular formula is C28H42KO4P. The van der Waals surface area contributed by atoms with Crippen molar-refractivity contribution in [3.8, 4) is 11.5 Å². The van der Waals surface area contributed by atoms with Crippen LogP contribution in [0, 0.1) is 0 Å². The second-order valence-corrected chi connectivity index (χ2v) is 14.3.